The predicted octanol–water partition coefficient (Wildman–Crippen LogP) is 4.52. The number of carbonyl (C=O) groups excluding carboxylic acids is 3. The van der Waals surface area contributed by atoms with Crippen LogP contribution in [0.2, 0.25) is 0 Å². The van der Waals surface area contributed by atoms with Gasteiger partial charge in [-0.05, 0) is 57.2 Å². The van der Waals surface area contributed by atoms with E-state index in [0.29, 0.717) is 0 Å². The Morgan fingerprint density at radius 3 is 2.22 bits per heavy atom. The first kappa shape index (κ1) is 27.6. The molecule has 1 saturated heterocycles. The van der Waals surface area contributed by atoms with E-state index in [0.717, 1.165) is 12.1 Å². The zero-order valence-corrected chi connectivity index (χ0v) is 21.0. The fourth-order valence-electron chi connectivity index (χ4n) is 3.48. The summed E-state index contributed by atoms with van der Waals surface area (Å²) in [5.41, 5.74) is -1.39. The second-order valence-electron chi connectivity index (χ2n) is 9.36. The minimum absolute atomic E-state index is 0.0902. The lowest BCUT2D eigenvalue weighted by atomic mass is 10.1. The number of hydrogen-bond acceptors (Lipinski definition) is 6. The molecule has 1 heterocycles. The molecule has 0 spiro atoms. The molecule has 0 aromatic heterocycles. The summed E-state index contributed by atoms with van der Waals surface area (Å²) in [5.74, 6) is -0.375. The Hall–Kier alpha value is -3.96. The molecule has 1 aliphatic heterocycles. The van der Waals surface area contributed by atoms with Crippen LogP contribution in [0.25, 0.3) is 0 Å². The summed E-state index contributed by atoms with van der Waals surface area (Å²) in [4.78, 5) is 40.5. The highest BCUT2D eigenvalue weighted by atomic mass is 19.4. The van der Waals surface area contributed by atoms with Crippen LogP contribution in [0.4, 0.5) is 23.7 Å². The van der Waals surface area contributed by atoms with Gasteiger partial charge < -0.3 is 24.4 Å². The highest BCUT2D eigenvalue weighted by molar-refractivity contribution is 6.00. The van der Waals surface area contributed by atoms with Gasteiger partial charge in [-0.15, -0.1) is 0 Å². The van der Waals surface area contributed by atoms with Crippen molar-refractivity contribution in [2.45, 2.75) is 38.6 Å². The van der Waals surface area contributed by atoms with Crippen molar-refractivity contribution in [3.8, 4) is 17.2 Å². The molecule has 1 N–H and O–H groups in total. The van der Waals surface area contributed by atoms with Crippen molar-refractivity contribution in [1.29, 1.82) is 0 Å². The van der Waals surface area contributed by atoms with E-state index in [-0.39, 0.29) is 36.0 Å². The normalized spacial score (nSPS) is 16.3. The van der Waals surface area contributed by atoms with Gasteiger partial charge in [-0.2, -0.15) is 13.2 Å². The molecule has 3 rings (SSSR count). The van der Waals surface area contributed by atoms with Crippen LogP contribution in [0.15, 0.2) is 42.5 Å². The number of ether oxygens (including phenoxy) is 3. The van der Waals surface area contributed by atoms with Crippen molar-refractivity contribution in [1.82, 2.24) is 9.80 Å². The minimum Gasteiger partial charge on any atom is -0.495 e. The van der Waals surface area contributed by atoms with Gasteiger partial charge in [-0.25, -0.2) is 4.79 Å². The quantitative estimate of drug-likeness (QED) is 0.619. The van der Waals surface area contributed by atoms with Crippen molar-refractivity contribution in [2.24, 2.45) is 0 Å². The van der Waals surface area contributed by atoms with E-state index in [1.54, 1.807) is 20.8 Å². The monoisotopic (exact) mass is 523 g/mol. The number of amides is 3. The number of hydrogen-bond donors (Lipinski definition) is 1. The molecule has 2 aromatic rings. The average Bonchev–Trinajstić information content (AvgIpc) is 2.79. The number of likely N-dealkylation sites (N-methyl/N-ethyl adjacent to an activating group) is 1. The molecule has 200 valence electrons. The lowest BCUT2D eigenvalue weighted by Crippen LogP contribution is -2.60. The molecule has 3 amide bonds. The van der Waals surface area contributed by atoms with E-state index in [4.69, 9.17) is 14.2 Å². The zero-order chi connectivity index (χ0) is 27.5. The Labute approximate surface area is 212 Å². The van der Waals surface area contributed by atoms with Crippen LogP contribution in [0.1, 0.15) is 26.3 Å². The Morgan fingerprint density at radius 2 is 1.65 bits per heavy atom. The van der Waals surface area contributed by atoms with Crippen molar-refractivity contribution < 1.29 is 41.8 Å². The SMILES string of the molecule is COc1ccc(Oc2ccc(C(F)(F)F)cc2)cc1NC(=O)C1CN(C(=O)OC(C)(C)C)CC(=O)N1C. The van der Waals surface area contributed by atoms with Crippen LogP contribution in [0.3, 0.4) is 0 Å². The zero-order valence-electron chi connectivity index (χ0n) is 21.0. The molecule has 0 saturated carbocycles. The fraction of sp³-hybridized carbons (Fsp3) is 0.400. The van der Waals surface area contributed by atoms with Crippen LogP contribution in [0.5, 0.6) is 17.2 Å². The van der Waals surface area contributed by atoms with Gasteiger partial charge in [-0.3, -0.25) is 14.5 Å². The van der Waals surface area contributed by atoms with Crippen molar-refractivity contribution in [3.63, 3.8) is 0 Å². The number of benzene rings is 2. The molecular formula is C25H28F3N3O6. The second kappa shape index (κ2) is 10.6. The molecular weight excluding hydrogens is 495 g/mol. The Balaban J connectivity index is 1.77. The fourth-order valence-corrected chi connectivity index (χ4v) is 3.48. The maximum Gasteiger partial charge on any atom is 0.416 e. The van der Waals surface area contributed by atoms with Crippen molar-refractivity contribution in [2.75, 3.05) is 32.6 Å². The summed E-state index contributed by atoms with van der Waals surface area (Å²) in [6, 6.07) is 7.60. The molecule has 12 heteroatoms. The van der Waals surface area contributed by atoms with Gasteiger partial charge in [-0.1, -0.05) is 0 Å². The first-order valence-corrected chi connectivity index (χ1v) is 11.3. The Kier molecular flexibility index (Phi) is 7.89. The number of halogens is 3. The molecule has 1 fully saturated rings. The van der Waals surface area contributed by atoms with E-state index in [1.165, 1.54) is 54.3 Å². The maximum atomic E-state index is 13.2. The maximum absolute atomic E-state index is 13.2. The van der Waals surface area contributed by atoms with Crippen LogP contribution < -0.4 is 14.8 Å². The third-order valence-electron chi connectivity index (χ3n) is 5.38. The van der Waals surface area contributed by atoms with Gasteiger partial charge in [0, 0.05) is 13.1 Å². The number of piperazine rings is 1. The van der Waals surface area contributed by atoms with Crippen LogP contribution in [-0.4, -0.2) is 66.6 Å². The summed E-state index contributed by atoms with van der Waals surface area (Å²) in [6.07, 6.45) is -5.18. The van der Waals surface area contributed by atoms with Gasteiger partial charge in [0.15, 0.2) is 0 Å². The molecule has 9 nitrogen and oxygen atoms in total. The van der Waals surface area contributed by atoms with Crippen LogP contribution in [-0.2, 0) is 20.5 Å². The molecule has 2 aromatic carbocycles. The topological polar surface area (TPSA) is 97.4 Å². The third-order valence-corrected chi connectivity index (χ3v) is 5.38. The van der Waals surface area contributed by atoms with E-state index >= 15 is 0 Å². The van der Waals surface area contributed by atoms with Gasteiger partial charge in [0.2, 0.25) is 11.8 Å². The largest absolute Gasteiger partial charge is 0.495 e. The standard InChI is InChI=1S/C25H28F3N3O6/c1-24(2,3)37-23(34)31-13-19(30(4)21(32)14-31)22(33)29-18-12-17(10-11-20(18)35-5)36-16-8-6-15(7-9-16)25(26,27)28/h6-12,19H,13-14H2,1-5H3,(H,29,33). The molecule has 1 atom stereocenters. The molecule has 0 aliphatic carbocycles. The average molecular weight is 524 g/mol. The number of carbonyl (C=O) groups is 3. The van der Waals surface area contributed by atoms with E-state index in [1.807, 2.05) is 0 Å². The van der Waals surface area contributed by atoms with Gasteiger partial charge in [0.05, 0.1) is 24.9 Å². The molecule has 0 radical (unpaired) electrons. The van der Waals surface area contributed by atoms with Crippen molar-refractivity contribution >= 4 is 23.6 Å². The first-order valence-electron chi connectivity index (χ1n) is 11.3. The van der Waals surface area contributed by atoms with Gasteiger partial charge in [0.25, 0.3) is 0 Å². The predicted molar refractivity (Wildman–Crippen MR) is 128 cm³/mol. The number of alkyl halides is 3. The van der Waals surface area contributed by atoms with Gasteiger partial charge >= 0.3 is 12.3 Å². The Morgan fingerprint density at radius 1 is 1.03 bits per heavy atom. The Bertz CT molecular complexity index is 1160. The highest BCUT2D eigenvalue weighted by Crippen LogP contribution is 2.34. The number of methoxy groups -OCH3 is 1. The summed E-state index contributed by atoms with van der Waals surface area (Å²) in [5, 5.41) is 2.68. The summed E-state index contributed by atoms with van der Waals surface area (Å²) in [7, 11) is 2.85. The second-order valence-corrected chi connectivity index (χ2v) is 9.36. The van der Waals surface area contributed by atoms with Crippen molar-refractivity contribution in [3.05, 3.63) is 48.0 Å². The molecule has 37 heavy (non-hydrogen) atoms. The van der Waals surface area contributed by atoms with Gasteiger partial charge in [0.1, 0.15) is 35.4 Å². The third kappa shape index (κ3) is 7.05. The minimum atomic E-state index is -4.47. The summed E-state index contributed by atoms with van der Waals surface area (Å²) >= 11 is 0. The van der Waals surface area contributed by atoms with Crippen LogP contribution in [0, 0.1) is 0 Å². The van der Waals surface area contributed by atoms with E-state index in [9.17, 15) is 27.6 Å². The van der Waals surface area contributed by atoms with Crippen LogP contribution >= 0.6 is 0 Å². The molecule has 1 unspecified atom stereocenters. The first-order chi connectivity index (χ1) is 17.2. The highest BCUT2D eigenvalue weighted by Gasteiger charge is 2.38. The molecule has 0 bridgehead atoms. The number of nitrogens with one attached hydrogen (secondary N) is 1. The molecule has 1 aliphatic rings. The lowest BCUT2D eigenvalue weighted by Gasteiger charge is -2.38. The number of anilines is 1. The van der Waals surface area contributed by atoms with E-state index in [2.05, 4.69) is 5.32 Å². The number of rotatable bonds is 5. The number of nitrogens with zero attached hydrogens (tertiary/aromatic N) is 2. The summed E-state index contributed by atoms with van der Waals surface area (Å²) < 4.78 is 54.7. The smallest absolute Gasteiger partial charge is 0.416 e. The summed E-state index contributed by atoms with van der Waals surface area (Å²) in [6.45, 7) is 4.76. The van der Waals surface area contributed by atoms with E-state index < -0.39 is 41.3 Å². The lowest BCUT2D eigenvalue weighted by molar-refractivity contribution is -0.143.